The average molecular weight is 405 g/mol. The molecule has 4 rings (SSSR count). The Kier molecular flexibility index (Phi) is 4.69. The van der Waals surface area contributed by atoms with Gasteiger partial charge in [0.05, 0.1) is 10.7 Å². The molecule has 2 heterocycles. The lowest BCUT2D eigenvalue weighted by molar-refractivity contribution is -0.118. The van der Waals surface area contributed by atoms with Gasteiger partial charge in [0, 0.05) is 30.8 Å². The van der Waals surface area contributed by atoms with Crippen LogP contribution in [-0.2, 0) is 4.79 Å². The summed E-state index contributed by atoms with van der Waals surface area (Å²) in [4.78, 5) is 32.1. The van der Waals surface area contributed by atoms with Gasteiger partial charge >= 0.3 is 0 Å². The summed E-state index contributed by atoms with van der Waals surface area (Å²) in [5.41, 5.74) is 0.940. The Morgan fingerprint density at radius 3 is 2.54 bits per heavy atom. The van der Waals surface area contributed by atoms with E-state index in [-0.39, 0.29) is 28.8 Å². The zero-order chi connectivity index (χ0) is 20.1. The minimum absolute atomic E-state index is 0.0152. The number of amides is 2. The molecule has 0 unspecified atom stereocenters. The van der Waals surface area contributed by atoms with Gasteiger partial charge in [-0.1, -0.05) is 0 Å². The number of aromatic nitrogens is 1. The van der Waals surface area contributed by atoms with Crippen LogP contribution in [0.2, 0.25) is 0 Å². The van der Waals surface area contributed by atoms with Crippen molar-refractivity contribution in [1.82, 2.24) is 9.88 Å². The number of likely N-dealkylation sites (tertiary alicyclic amines) is 1. The monoisotopic (exact) mass is 405 g/mol. The molecule has 1 saturated heterocycles. The van der Waals surface area contributed by atoms with Crippen LogP contribution in [0.25, 0.3) is 0 Å². The number of thiazole rings is 1. The molecule has 1 saturated carbocycles. The number of nitrogens with one attached hydrogen (secondary N) is 1. The van der Waals surface area contributed by atoms with E-state index in [0.717, 1.165) is 42.1 Å². The third kappa shape index (κ3) is 3.41. The average Bonchev–Trinajstić information content (AvgIpc) is 3.25. The smallest absolute Gasteiger partial charge is 0.265 e. The second-order valence-corrected chi connectivity index (χ2v) is 8.88. The van der Waals surface area contributed by atoms with Gasteiger partial charge in [0.1, 0.15) is 4.88 Å². The van der Waals surface area contributed by atoms with Crippen LogP contribution in [-0.4, -0.2) is 34.8 Å². The SMILES string of the molecule is Cc1nc(C)c(C(=O)N2CCC3(CC2)C[C@@H]3C(=O)Nc2ccc(F)c(F)c2)s1. The van der Waals surface area contributed by atoms with E-state index in [1.165, 1.54) is 17.4 Å². The molecule has 8 heteroatoms. The number of nitrogens with zero attached hydrogens (tertiary/aromatic N) is 2. The van der Waals surface area contributed by atoms with Crippen molar-refractivity contribution in [3.63, 3.8) is 0 Å². The van der Waals surface area contributed by atoms with Gasteiger partial charge in [-0.15, -0.1) is 11.3 Å². The summed E-state index contributed by atoms with van der Waals surface area (Å²) in [6.45, 7) is 4.97. The van der Waals surface area contributed by atoms with E-state index in [1.54, 1.807) is 0 Å². The quantitative estimate of drug-likeness (QED) is 0.842. The van der Waals surface area contributed by atoms with Gasteiger partial charge in [0.25, 0.3) is 5.91 Å². The molecule has 1 aromatic carbocycles. The Morgan fingerprint density at radius 2 is 1.93 bits per heavy atom. The van der Waals surface area contributed by atoms with Crippen LogP contribution in [0, 0.1) is 36.8 Å². The highest BCUT2D eigenvalue weighted by Crippen LogP contribution is 2.59. The minimum atomic E-state index is -0.983. The van der Waals surface area contributed by atoms with Crippen molar-refractivity contribution >= 4 is 28.8 Å². The molecule has 1 atom stereocenters. The van der Waals surface area contributed by atoms with E-state index >= 15 is 0 Å². The van der Waals surface area contributed by atoms with Crippen LogP contribution >= 0.6 is 11.3 Å². The predicted octanol–water partition coefficient (Wildman–Crippen LogP) is 3.92. The third-order valence-corrected chi connectivity index (χ3v) is 6.90. The molecule has 5 nitrogen and oxygen atoms in total. The molecule has 1 aromatic heterocycles. The number of carbonyl (C=O) groups is 2. The fraction of sp³-hybridized carbons (Fsp3) is 0.450. The molecule has 148 valence electrons. The number of halogens is 2. The molecular formula is C20H21F2N3O2S. The maximum atomic E-state index is 13.3. The van der Waals surface area contributed by atoms with Gasteiger partial charge in [0.15, 0.2) is 11.6 Å². The Hall–Kier alpha value is -2.35. The first-order valence-electron chi connectivity index (χ1n) is 9.28. The minimum Gasteiger partial charge on any atom is -0.338 e. The number of anilines is 1. The van der Waals surface area contributed by atoms with E-state index in [0.29, 0.717) is 18.0 Å². The summed E-state index contributed by atoms with van der Waals surface area (Å²) in [6.07, 6.45) is 2.31. The lowest BCUT2D eigenvalue weighted by atomic mass is 9.90. The predicted molar refractivity (Wildman–Crippen MR) is 102 cm³/mol. The summed E-state index contributed by atoms with van der Waals surface area (Å²) in [6, 6.07) is 3.34. The van der Waals surface area contributed by atoms with Gasteiger partial charge in [-0.2, -0.15) is 0 Å². The van der Waals surface area contributed by atoms with Gasteiger partial charge in [0.2, 0.25) is 5.91 Å². The topological polar surface area (TPSA) is 62.3 Å². The zero-order valence-corrected chi connectivity index (χ0v) is 16.5. The van der Waals surface area contributed by atoms with E-state index in [1.807, 2.05) is 18.7 Å². The van der Waals surface area contributed by atoms with Crippen molar-refractivity contribution in [3.05, 3.63) is 45.4 Å². The van der Waals surface area contributed by atoms with Gasteiger partial charge < -0.3 is 10.2 Å². The molecule has 28 heavy (non-hydrogen) atoms. The molecule has 0 bridgehead atoms. The van der Waals surface area contributed by atoms with Crippen LogP contribution < -0.4 is 5.32 Å². The van der Waals surface area contributed by atoms with Crippen molar-refractivity contribution < 1.29 is 18.4 Å². The van der Waals surface area contributed by atoms with Crippen LogP contribution in [0.4, 0.5) is 14.5 Å². The Morgan fingerprint density at radius 1 is 1.21 bits per heavy atom. The van der Waals surface area contributed by atoms with Crippen molar-refractivity contribution in [2.24, 2.45) is 11.3 Å². The normalized spacial score (nSPS) is 20.3. The Bertz CT molecular complexity index is 951. The van der Waals surface area contributed by atoms with Crippen molar-refractivity contribution in [2.75, 3.05) is 18.4 Å². The summed E-state index contributed by atoms with van der Waals surface area (Å²) in [5, 5.41) is 3.56. The highest BCUT2D eigenvalue weighted by molar-refractivity contribution is 7.13. The van der Waals surface area contributed by atoms with Gasteiger partial charge in [-0.3, -0.25) is 9.59 Å². The van der Waals surface area contributed by atoms with E-state index in [4.69, 9.17) is 0 Å². The number of piperidine rings is 1. The second kappa shape index (κ2) is 6.92. The molecule has 2 amide bonds. The van der Waals surface area contributed by atoms with Gasteiger partial charge in [-0.25, -0.2) is 13.8 Å². The molecule has 1 aliphatic carbocycles. The lowest BCUT2D eigenvalue weighted by Crippen LogP contribution is -2.40. The lowest BCUT2D eigenvalue weighted by Gasteiger charge is -2.32. The molecule has 2 aliphatic rings. The van der Waals surface area contributed by atoms with Crippen LogP contribution in [0.15, 0.2) is 18.2 Å². The molecular weight excluding hydrogens is 384 g/mol. The fourth-order valence-corrected chi connectivity index (χ4v) is 4.99. The highest BCUT2D eigenvalue weighted by atomic mass is 32.1. The van der Waals surface area contributed by atoms with E-state index in [9.17, 15) is 18.4 Å². The fourth-order valence-electron chi connectivity index (χ4n) is 4.10. The number of benzene rings is 1. The number of hydrogen-bond donors (Lipinski definition) is 1. The van der Waals surface area contributed by atoms with Crippen LogP contribution in [0.3, 0.4) is 0 Å². The Balaban J connectivity index is 1.35. The maximum absolute atomic E-state index is 13.3. The molecule has 2 aromatic rings. The molecule has 1 aliphatic heterocycles. The number of hydrogen-bond acceptors (Lipinski definition) is 4. The molecule has 0 radical (unpaired) electrons. The van der Waals surface area contributed by atoms with Crippen LogP contribution in [0.1, 0.15) is 39.6 Å². The maximum Gasteiger partial charge on any atom is 0.265 e. The summed E-state index contributed by atoms with van der Waals surface area (Å²) >= 11 is 1.42. The number of carbonyl (C=O) groups excluding carboxylic acids is 2. The largest absolute Gasteiger partial charge is 0.338 e. The van der Waals surface area contributed by atoms with Crippen LogP contribution in [0.5, 0.6) is 0 Å². The molecule has 1 spiro atoms. The summed E-state index contributed by atoms with van der Waals surface area (Å²) in [5.74, 6) is -2.22. The van der Waals surface area contributed by atoms with E-state index < -0.39 is 11.6 Å². The molecule has 1 N–H and O–H groups in total. The number of aryl methyl sites for hydroxylation is 2. The number of rotatable bonds is 3. The second-order valence-electron chi connectivity index (χ2n) is 7.68. The Labute approximate surface area is 165 Å². The first-order chi connectivity index (χ1) is 13.3. The third-order valence-electron chi connectivity index (χ3n) is 5.84. The highest BCUT2D eigenvalue weighted by Gasteiger charge is 2.58. The first-order valence-corrected chi connectivity index (χ1v) is 10.1. The van der Waals surface area contributed by atoms with Crippen molar-refractivity contribution in [1.29, 1.82) is 0 Å². The molecule has 2 fully saturated rings. The first kappa shape index (κ1) is 19.0. The summed E-state index contributed by atoms with van der Waals surface area (Å²) in [7, 11) is 0. The zero-order valence-electron chi connectivity index (χ0n) is 15.7. The summed E-state index contributed by atoms with van der Waals surface area (Å²) < 4.78 is 26.3. The standard InChI is InChI=1S/C20H21F2N3O2S/c1-11-17(28-12(2)23-11)19(27)25-7-5-20(6-8-25)10-14(20)18(26)24-13-3-4-15(21)16(22)9-13/h3-4,9,14H,5-8,10H2,1-2H3,(H,24,26)/t14-/m1/s1. The van der Waals surface area contributed by atoms with Crippen molar-refractivity contribution in [3.8, 4) is 0 Å². The van der Waals surface area contributed by atoms with Crippen molar-refractivity contribution in [2.45, 2.75) is 33.1 Å². The van der Waals surface area contributed by atoms with Gasteiger partial charge in [-0.05, 0) is 50.7 Å². The van der Waals surface area contributed by atoms with E-state index in [2.05, 4.69) is 10.3 Å².